The SMILES string of the molecule is COC(=O)C[C@H]1C(=O)N(CC(=O)OC(C)(C)C)CCN1C(=O)[C@H](Cc1ccc(OC)cc1)NC(=O)c1ccc(-c2ncon2)cc1. The largest absolute Gasteiger partial charge is 0.497 e. The number of esters is 2. The summed E-state index contributed by atoms with van der Waals surface area (Å²) in [6.07, 6.45) is 0.834. The first-order valence-corrected chi connectivity index (χ1v) is 14.6. The Morgan fingerprint density at radius 1 is 1.00 bits per heavy atom. The van der Waals surface area contributed by atoms with Crippen molar-refractivity contribution in [2.24, 2.45) is 0 Å². The minimum absolute atomic E-state index is 0.00339. The molecule has 1 saturated heterocycles. The number of carbonyl (C=O) groups is 5. The quantitative estimate of drug-likeness (QED) is 0.306. The standard InChI is InChI=1S/C32H37N5O9/c1-32(2,3)46-27(39)18-36-14-15-37(25(31(36)42)17-26(38)44-5)30(41)24(16-20-6-12-23(43-4)13-7-20)34-29(40)22-10-8-21(9-11-22)28-33-19-45-35-28/h6-13,19,24-25H,14-18H2,1-5H3,(H,34,40)/t24-,25-/m0/s1. The molecule has 2 heterocycles. The highest BCUT2D eigenvalue weighted by Gasteiger charge is 2.42. The molecule has 1 aliphatic heterocycles. The molecule has 1 aliphatic rings. The van der Waals surface area contributed by atoms with E-state index in [0.29, 0.717) is 22.7 Å². The normalized spacial score (nSPS) is 15.6. The molecule has 0 bridgehead atoms. The van der Waals surface area contributed by atoms with Crippen LogP contribution in [0.15, 0.2) is 59.4 Å². The highest BCUT2D eigenvalue weighted by Crippen LogP contribution is 2.21. The second kappa shape index (κ2) is 14.7. The van der Waals surface area contributed by atoms with Gasteiger partial charge in [-0.25, -0.2) is 0 Å². The van der Waals surface area contributed by atoms with Crippen LogP contribution in [0.5, 0.6) is 5.75 Å². The van der Waals surface area contributed by atoms with Crippen molar-refractivity contribution in [2.75, 3.05) is 33.9 Å². The average Bonchev–Trinajstić information content (AvgIpc) is 3.57. The average molecular weight is 636 g/mol. The molecule has 46 heavy (non-hydrogen) atoms. The van der Waals surface area contributed by atoms with Gasteiger partial charge in [0.05, 0.1) is 20.6 Å². The van der Waals surface area contributed by atoms with E-state index in [2.05, 4.69) is 15.5 Å². The summed E-state index contributed by atoms with van der Waals surface area (Å²) in [6, 6.07) is 11.0. The molecule has 14 nitrogen and oxygen atoms in total. The molecule has 14 heteroatoms. The first kappa shape index (κ1) is 33.6. The lowest BCUT2D eigenvalue weighted by Crippen LogP contribution is -2.63. The molecule has 0 saturated carbocycles. The summed E-state index contributed by atoms with van der Waals surface area (Å²) in [4.78, 5) is 72.7. The molecular formula is C32H37N5O9. The summed E-state index contributed by atoms with van der Waals surface area (Å²) in [5.74, 6) is -2.09. The molecule has 1 aromatic heterocycles. The van der Waals surface area contributed by atoms with Crippen LogP contribution in [0.2, 0.25) is 0 Å². The summed E-state index contributed by atoms with van der Waals surface area (Å²) in [7, 11) is 2.71. The van der Waals surface area contributed by atoms with Crippen molar-refractivity contribution >= 4 is 29.7 Å². The Morgan fingerprint density at radius 3 is 2.28 bits per heavy atom. The fourth-order valence-corrected chi connectivity index (χ4v) is 4.94. The number of benzene rings is 2. The number of methoxy groups -OCH3 is 2. The minimum Gasteiger partial charge on any atom is -0.497 e. The topological polar surface area (TPSA) is 170 Å². The second-order valence-corrected chi connectivity index (χ2v) is 11.6. The minimum atomic E-state index is -1.26. The third-order valence-corrected chi connectivity index (χ3v) is 7.16. The molecule has 0 unspecified atom stereocenters. The number of rotatable bonds is 11. The van der Waals surface area contributed by atoms with E-state index in [1.807, 2.05) is 0 Å². The number of carbonyl (C=O) groups excluding carboxylic acids is 5. The van der Waals surface area contributed by atoms with Gasteiger partial charge in [-0.3, -0.25) is 24.0 Å². The predicted molar refractivity (Wildman–Crippen MR) is 162 cm³/mol. The Hall–Kier alpha value is -5.27. The van der Waals surface area contributed by atoms with Gasteiger partial charge in [-0.2, -0.15) is 4.98 Å². The molecule has 3 aromatic rings. The summed E-state index contributed by atoms with van der Waals surface area (Å²) >= 11 is 0. The number of hydrogen-bond donors (Lipinski definition) is 1. The van der Waals surface area contributed by atoms with Crippen LogP contribution in [0.25, 0.3) is 11.4 Å². The zero-order valence-corrected chi connectivity index (χ0v) is 26.3. The number of aromatic nitrogens is 2. The zero-order chi connectivity index (χ0) is 33.4. The fourth-order valence-electron chi connectivity index (χ4n) is 4.94. The van der Waals surface area contributed by atoms with Gasteiger partial charge < -0.3 is 33.9 Å². The maximum absolute atomic E-state index is 14.2. The number of amides is 3. The van der Waals surface area contributed by atoms with Crippen LogP contribution in [0.3, 0.4) is 0 Å². The third kappa shape index (κ3) is 8.67. The van der Waals surface area contributed by atoms with Gasteiger partial charge in [0, 0.05) is 30.6 Å². The molecule has 0 aliphatic carbocycles. The van der Waals surface area contributed by atoms with Gasteiger partial charge in [-0.15, -0.1) is 0 Å². The van der Waals surface area contributed by atoms with E-state index in [0.717, 1.165) is 0 Å². The molecular weight excluding hydrogens is 598 g/mol. The number of hydrogen-bond acceptors (Lipinski definition) is 11. The Balaban J connectivity index is 1.59. The van der Waals surface area contributed by atoms with Crippen molar-refractivity contribution in [2.45, 2.75) is 51.3 Å². The van der Waals surface area contributed by atoms with Gasteiger partial charge in [0.25, 0.3) is 5.91 Å². The van der Waals surface area contributed by atoms with Gasteiger partial charge in [0.2, 0.25) is 24.0 Å². The van der Waals surface area contributed by atoms with E-state index in [9.17, 15) is 24.0 Å². The Bertz CT molecular complexity index is 1530. The first-order chi connectivity index (χ1) is 21.9. The smallest absolute Gasteiger partial charge is 0.326 e. The number of nitrogens with zero attached hydrogens (tertiary/aromatic N) is 4. The van der Waals surface area contributed by atoms with Crippen LogP contribution >= 0.6 is 0 Å². The van der Waals surface area contributed by atoms with Crippen LogP contribution in [0.4, 0.5) is 0 Å². The maximum Gasteiger partial charge on any atom is 0.326 e. The van der Waals surface area contributed by atoms with E-state index in [-0.39, 0.29) is 31.6 Å². The molecule has 1 N–H and O–H groups in total. The Morgan fingerprint density at radius 2 is 1.70 bits per heavy atom. The van der Waals surface area contributed by atoms with E-state index in [4.69, 9.17) is 18.7 Å². The van der Waals surface area contributed by atoms with Gasteiger partial charge in [0.15, 0.2) is 0 Å². The molecule has 0 radical (unpaired) electrons. The molecule has 3 amide bonds. The number of piperazine rings is 1. The lowest BCUT2D eigenvalue weighted by molar-refractivity contribution is -0.164. The molecule has 4 rings (SSSR count). The van der Waals surface area contributed by atoms with Crippen molar-refractivity contribution < 1.29 is 42.7 Å². The van der Waals surface area contributed by atoms with E-state index in [1.54, 1.807) is 69.3 Å². The van der Waals surface area contributed by atoms with E-state index in [1.165, 1.54) is 30.4 Å². The molecule has 1 fully saturated rings. The summed E-state index contributed by atoms with van der Waals surface area (Å²) in [5, 5.41) is 6.59. The van der Waals surface area contributed by atoms with Crippen molar-refractivity contribution in [1.82, 2.24) is 25.3 Å². The van der Waals surface area contributed by atoms with Crippen LogP contribution < -0.4 is 10.1 Å². The first-order valence-electron chi connectivity index (χ1n) is 14.6. The van der Waals surface area contributed by atoms with Crippen molar-refractivity contribution in [3.05, 3.63) is 66.1 Å². The summed E-state index contributed by atoms with van der Waals surface area (Å²) < 4.78 is 20.2. The molecule has 244 valence electrons. The van der Waals surface area contributed by atoms with Gasteiger partial charge in [-0.1, -0.05) is 29.4 Å². The molecule has 2 atom stereocenters. The van der Waals surface area contributed by atoms with Crippen LogP contribution in [0, 0.1) is 0 Å². The Kier molecular flexibility index (Phi) is 10.7. The van der Waals surface area contributed by atoms with Crippen molar-refractivity contribution in [1.29, 1.82) is 0 Å². The monoisotopic (exact) mass is 635 g/mol. The van der Waals surface area contributed by atoms with Crippen molar-refractivity contribution in [3.8, 4) is 17.1 Å². The van der Waals surface area contributed by atoms with Crippen LogP contribution in [0.1, 0.15) is 43.1 Å². The lowest BCUT2D eigenvalue weighted by Gasteiger charge is -2.41. The third-order valence-electron chi connectivity index (χ3n) is 7.16. The fraction of sp³-hybridized carbons (Fsp3) is 0.406. The predicted octanol–water partition coefficient (Wildman–Crippen LogP) is 2.03. The second-order valence-electron chi connectivity index (χ2n) is 11.6. The Labute approximate surface area is 266 Å². The van der Waals surface area contributed by atoms with Crippen LogP contribution in [-0.2, 0) is 35.1 Å². The molecule has 2 aromatic carbocycles. The summed E-state index contributed by atoms with van der Waals surface area (Å²) in [6.45, 7) is 4.81. The lowest BCUT2D eigenvalue weighted by atomic mass is 10.0. The number of nitrogens with one attached hydrogen (secondary N) is 1. The van der Waals surface area contributed by atoms with E-state index < -0.39 is 53.8 Å². The number of ether oxygens (including phenoxy) is 3. The maximum atomic E-state index is 14.2. The summed E-state index contributed by atoms with van der Waals surface area (Å²) in [5.41, 5.74) is 0.851. The van der Waals surface area contributed by atoms with Crippen LogP contribution in [-0.4, -0.2) is 101 Å². The zero-order valence-electron chi connectivity index (χ0n) is 26.3. The molecule has 0 spiro atoms. The van der Waals surface area contributed by atoms with E-state index >= 15 is 0 Å². The highest BCUT2D eigenvalue weighted by atomic mass is 16.6. The van der Waals surface area contributed by atoms with Crippen molar-refractivity contribution in [3.63, 3.8) is 0 Å². The van der Waals surface area contributed by atoms with Gasteiger partial charge in [-0.05, 0) is 50.6 Å². The van der Waals surface area contributed by atoms with Gasteiger partial charge >= 0.3 is 11.9 Å². The highest BCUT2D eigenvalue weighted by molar-refractivity contribution is 5.99. The van der Waals surface area contributed by atoms with Gasteiger partial charge in [0.1, 0.15) is 30.0 Å².